The molecular weight excluding hydrogens is 436 g/mol. The van der Waals surface area contributed by atoms with E-state index in [0.717, 1.165) is 48.3 Å². The highest BCUT2D eigenvalue weighted by molar-refractivity contribution is 5.78. The number of aliphatic hydroxyl groups is 1. The molecule has 0 radical (unpaired) electrons. The molecule has 0 aliphatic carbocycles. The Morgan fingerprint density at radius 1 is 1.12 bits per heavy atom. The van der Waals surface area contributed by atoms with E-state index < -0.39 is 11.7 Å². The minimum absolute atomic E-state index is 0.0614. The molecule has 180 valence electrons. The number of hydrogen-bond donors (Lipinski definition) is 1. The first kappa shape index (κ1) is 22.6. The van der Waals surface area contributed by atoms with Crippen molar-refractivity contribution in [1.82, 2.24) is 15.0 Å². The highest BCUT2D eigenvalue weighted by Gasteiger charge is 2.39. The third-order valence-electron chi connectivity index (χ3n) is 6.57. The van der Waals surface area contributed by atoms with Gasteiger partial charge in [0.2, 0.25) is 0 Å². The fraction of sp³-hybridized carbons (Fsp3) is 0.440. The smallest absolute Gasteiger partial charge is 0.366 e. The van der Waals surface area contributed by atoms with Gasteiger partial charge in [0.05, 0.1) is 32.0 Å². The molecule has 0 bridgehead atoms. The highest BCUT2D eigenvalue weighted by Crippen LogP contribution is 2.28. The van der Waals surface area contributed by atoms with Crippen LogP contribution in [0.4, 0.5) is 4.79 Å². The van der Waals surface area contributed by atoms with Gasteiger partial charge in [0.15, 0.2) is 6.10 Å². The maximum Gasteiger partial charge on any atom is 0.366 e. The number of β-amino-alcohol motifs (C(OH)–C–C–N with tert-alkyl or cyclic N) is 1. The lowest BCUT2D eigenvalue weighted by molar-refractivity contribution is -0.134. The van der Waals surface area contributed by atoms with Crippen LogP contribution in [0.15, 0.2) is 53.6 Å². The van der Waals surface area contributed by atoms with Crippen LogP contribution in [-0.2, 0) is 11.4 Å². The van der Waals surface area contributed by atoms with Crippen molar-refractivity contribution >= 4 is 12.2 Å². The maximum absolute atomic E-state index is 12.7. The molecule has 1 N–H and O–H groups in total. The van der Waals surface area contributed by atoms with Gasteiger partial charge in [0.25, 0.3) is 0 Å². The molecule has 2 fully saturated rings. The molecule has 1 unspecified atom stereocenters. The monoisotopic (exact) mass is 466 g/mol. The van der Waals surface area contributed by atoms with Crippen LogP contribution in [0.3, 0.4) is 0 Å². The maximum atomic E-state index is 12.7. The summed E-state index contributed by atoms with van der Waals surface area (Å²) in [5.74, 6) is 1.54. The van der Waals surface area contributed by atoms with Crippen molar-refractivity contribution in [3.8, 4) is 11.5 Å². The molecule has 0 spiro atoms. The summed E-state index contributed by atoms with van der Waals surface area (Å²) in [6.45, 7) is 5.24. The number of nitrogens with zero attached hydrogens (tertiary/aromatic N) is 4. The largest absolute Gasteiger partial charge is 0.497 e. The van der Waals surface area contributed by atoms with Gasteiger partial charge in [-0.25, -0.2) is 9.63 Å². The second kappa shape index (κ2) is 9.25. The summed E-state index contributed by atoms with van der Waals surface area (Å²) in [6.07, 6.45) is 1.93. The van der Waals surface area contributed by atoms with E-state index in [1.165, 1.54) is 5.56 Å². The van der Waals surface area contributed by atoms with E-state index in [2.05, 4.69) is 10.0 Å². The zero-order chi connectivity index (χ0) is 23.7. The first-order chi connectivity index (χ1) is 16.4. The van der Waals surface area contributed by atoms with Crippen LogP contribution in [0.1, 0.15) is 30.6 Å². The molecule has 3 aliphatic heterocycles. The van der Waals surface area contributed by atoms with Gasteiger partial charge in [-0.1, -0.05) is 36.4 Å². The normalized spacial score (nSPS) is 21.8. The summed E-state index contributed by atoms with van der Waals surface area (Å²) in [6, 6.07) is 15.2. The summed E-state index contributed by atoms with van der Waals surface area (Å²) in [7, 11) is 1.62. The van der Waals surface area contributed by atoms with Crippen LogP contribution in [0, 0.1) is 0 Å². The summed E-state index contributed by atoms with van der Waals surface area (Å²) < 4.78 is 11.2. The molecule has 5 rings (SSSR count). The Morgan fingerprint density at radius 2 is 1.79 bits per heavy atom. The quantitative estimate of drug-likeness (QED) is 0.675. The second-order valence-electron chi connectivity index (χ2n) is 9.13. The minimum Gasteiger partial charge on any atom is -0.497 e. The van der Waals surface area contributed by atoms with Gasteiger partial charge in [-0.05, 0) is 41.8 Å². The molecule has 34 heavy (non-hydrogen) atoms. The molecule has 0 saturated carbocycles. The zero-order valence-corrected chi connectivity index (χ0v) is 19.5. The lowest BCUT2D eigenvalue weighted by Gasteiger charge is -2.46. The minimum atomic E-state index is -0.515. The molecule has 0 aromatic heterocycles. The SMILES string of the molecule is CCC1(O)CN(Cc2ccc(OC3CN(C(=O)N4N=CC(c5ccc(OC)cc5)O4)C3)cc2)C1. The Labute approximate surface area is 199 Å². The van der Waals surface area contributed by atoms with Gasteiger partial charge in [-0.15, -0.1) is 0 Å². The number of likely N-dealkylation sites (tertiary alicyclic amines) is 2. The molecule has 2 saturated heterocycles. The predicted octanol–water partition coefficient (Wildman–Crippen LogP) is 2.81. The van der Waals surface area contributed by atoms with Gasteiger partial charge in [0.1, 0.15) is 17.6 Å². The lowest BCUT2D eigenvalue weighted by atomic mass is 9.91. The van der Waals surface area contributed by atoms with Crippen LogP contribution in [0.25, 0.3) is 0 Å². The third-order valence-corrected chi connectivity index (χ3v) is 6.57. The first-order valence-electron chi connectivity index (χ1n) is 11.6. The van der Waals surface area contributed by atoms with Crippen molar-refractivity contribution in [2.75, 3.05) is 33.3 Å². The number of rotatable bonds is 7. The van der Waals surface area contributed by atoms with E-state index in [4.69, 9.17) is 14.3 Å². The summed E-state index contributed by atoms with van der Waals surface area (Å²) in [5, 5.41) is 15.3. The molecule has 2 aromatic rings. The van der Waals surface area contributed by atoms with Gasteiger partial charge >= 0.3 is 6.03 Å². The molecule has 2 amide bonds. The fourth-order valence-electron chi connectivity index (χ4n) is 4.35. The van der Waals surface area contributed by atoms with E-state index >= 15 is 0 Å². The van der Waals surface area contributed by atoms with Crippen LogP contribution < -0.4 is 9.47 Å². The van der Waals surface area contributed by atoms with Crippen LogP contribution in [0.5, 0.6) is 11.5 Å². The van der Waals surface area contributed by atoms with Crippen molar-refractivity contribution in [2.45, 2.75) is 37.7 Å². The van der Waals surface area contributed by atoms with Crippen LogP contribution in [-0.4, -0.2) is 77.3 Å². The standard InChI is InChI=1S/C25H30N4O5/c1-3-25(31)16-27(17-25)13-18-4-8-21(9-5-18)33-22-14-28(15-22)24(30)29-26-12-23(34-29)19-6-10-20(32-2)11-7-19/h4-12,22-23,31H,3,13-17H2,1-2H3. The number of hydrazone groups is 1. The Bertz CT molecular complexity index is 1030. The first-order valence-corrected chi connectivity index (χ1v) is 11.6. The number of benzene rings is 2. The van der Waals surface area contributed by atoms with Crippen molar-refractivity contribution < 1.29 is 24.2 Å². The number of methoxy groups -OCH3 is 1. The number of urea groups is 1. The highest BCUT2D eigenvalue weighted by atomic mass is 16.7. The second-order valence-corrected chi connectivity index (χ2v) is 9.13. The summed E-state index contributed by atoms with van der Waals surface area (Å²) >= 11 is 0. The van der Waals surface area contributed by atoms with E-state index in [0.29, 0.717) is 13.1 Å². The molecule has 2 aromatic carbocycles. The van der Waals surface area contributed by atoms with E-state index in [9.17, 15) is 9.90 Å². The molecule has 1 atom stereocenters. The fourth-order valence-corrected chi connectivity index (χ4v) is 4.35. The van der Waals surface area contributed by atoms with E-state index in [1.807, 2.05) is 55.5 Å². The number of ether oxygens (including phenoxy) is 2. The topological polar surface area (TPSA) is 87.1 Å². The number of amides is 2. The van der Waals surface area contributed by atoms with Crippen LogP contribution in [0.2, 0.25) is 0 Å². The van der Waals surface area contributed by atoms with Crippen molar-refractivity contribution in [3.05, 3.63) is 59.7 Å². The Hall–Kier alpha value is -3.14. The molecule has 3 aliphatic rings. The van der Waals surface area contributed by atoms with Crippen molar-refractivity contribution in [3.63, 3.8) is 0 Å². The number of carbonyl (C=O) groups is 1. The Morgan fingerprint density at radius 3 is 2.44 bits per heavy atom. The molecule has 9 heteroatoms. The molecular formula is C25H30N4O5. The number of hydrogen-bond acceptors (Lipinski definition) is 7. The summed E-state index contributed by atoms with van der Waals surface area (Å²) in [5.41, 5.74) is 1.56. The van der Waals surface area contributed by atoms with E-state index in [-0.39, 0.29) is 12.1 Å². The zero-order valence-electron chi connectivity index (χ0n) is 19.5. The van der Waals surface area contributed by atoms with E-state index in [1.54, 1.807) is 18.2 Å². The number of carbonyl (C=O) groups excluding carboxylic acids is 1. The van der Waals surface area contributed by atoms with Gasteiger partial charge < -0.3 is 19.5 Å². The molecule has 3 heterocycles. The van der Waals surface area contributed by atoms with Gasteiger partial charge in [-0.3, -0.25) is 4.90 Å². The average Bonchev–Trinajstić information content (AvgIpc) is 3.31. The van der Waals surface area contributed by atoms with Crippen molar-refractivity contribution in [2.24, 2.45) is 5.10 Å². The average molecular weight is 467 g/mol. The number of hydroxylamine groups is 1. The van der Waals surface area contributed by atoms with Crippen molar-refractivity contribution in [1.29, 1.82) is 0 Å². The molecule has 9 nitrogen and oxygen atoms in total. The van der Waals surface area contributed by atoms with Gasteiger partial charge in [-0.2, -0.15) is 5.10 Å². The Kier molecular flexibility index (Phi) is 6.16. The van der Waals surface area contributed by atoms with Crippen LogP contribution >= 0.6 is 0 Å². The predicted molar refractivity (Wildman–Crippen MR) is 125 cm³/mol. The Balaban J connectivity index is 1.05. The lowest BCUT2D eigenvalue weighted by Crippen LogP contribution is -2.60. The third kappa shape index (κ3) is 4.72. The van der Waals surface area contributed by atoms with Gasteiger partial charge in [0, 0.05) is 19.6 Å². The summed E-state index contributed by atoms with van der Waals surface area (Å²) in [4.78, 5) is 22.2.